The lowest BCUT2D eigenvalue weighted by Gasteiger charge is -2.24. The molecule has 0 radical (unpaired) electrons. The van der Waals surface area contributed by atoms with E-state index in [-0.39, 0.29) is 36.0 Å². The van der Waals surface area contributed by atoms with Crippen molar-refractivity contribution in [2.75, 3.05) is 0 Å². The van der Waals surface area contributed by atoms with Crippen LogP contribution in [0.15, 0.2) is 60.7 Å². The molecule has 2 aromatic carbocycles. The lowest BCUT2D eigenvalue weighted by molar-refractivity contribution is -0.141. The second kappa shape index (κ2) is 9.43. The number of fused-ring (bicyclic) bond motifs is 1. The molecule has 0 aromatic heterocycles. The number of hydrogen-bond acceptors (Lipinski definition) is 5. The summed E-state index contributed by atoms with van der Waals surface area (Å²) < 4.78 is 11.3. The van der Waals surface area contributed by atoms with E-state index in [4.69, 9.17) is 9.47 Å². The SMILES string of the molecule is O=C1CC2C(CC(OC(=O)c3ccccc3)[C@@H]2CCC(O)CCc2ccccc2)O1. The maximum absolute atomic E-state index is 12.5. The summed E-state index contributed by atoms with van der Waals surface area (Å²) in [5.74, 6) is -0.429. The van der Waals surface area contributed by atoms with Crippen LogP contribution in [0.2, 0.25) is 0 Å². The first-order chi connectivity index (χ1) is 14.6. The highest BCUT2D eigenvalue weighted by Crippen LogP contribution is 2.45. The largest absolute Gasteiger partial charge is 0.462 e. The summed E-state index contributed by atoms with van der Waals surface area (Å²) in [6.07, 6.45) is 2.86. The predicted molar refractivity (Wildman–Crippen MR) is 112 cm³/mol. The highest BCUT2D eigenvalue weighted by Gasteiger charge is 2.51. The van der Waals surface area contributed by atoms with Crippen molar-refractivity contribution in [2.45, 2.75) is 56.8 Å². The van der Waals surface area contributed by atoms with Crippen molar-refractivity contribution in [3.63, 3.8) is 0 Å². The summed E-state index contributed by atoms with van der Waals surface area (Å²) in [7, 11) is 0. The van der Waals surface area contributed by atoms with Gasteiger partial charge in [0.15, 0.2) is 0 Å². The predicted octanol–water partition coefficient (Wildman–Crippen LogP) is 3.94. The van der Waals surface area contributed by atoms with Gasteiger partial charge in [-0.2, -0.15) is 0 Å². The van der Waals surface area contributed by atoms with Crippen LogP contribution in [0.3, 0.4) is 0 Å². The molecule has 4 unspecified atom stereocenters. The van der Waals surface area contributed by atoms with Crippen LogP contribution < -0.4 is 0 Å². The van der Waals surface area contributed by atoms with Crippen molar-refractivity contribution in [1.29, 1.82) is 0 Å². The van der Waals surface area contributed by atoms with Crippen molar-refractivity contribution < 1.29 is 24.2 Å². The average molecular weight is 408 g/mol. The zero-order chi connectivity index (χ0) is 20.9. The van der Waals surface area contributed by atoms with Crippen molar-refractivity contribution in [2.24, 2.45) is 11.8 Å². The van der Waals surface area contributed by atoms with Gasteiger partial charge in [-0.05, 0) is 43.4 Å². The lowest BCUT2D eigenvalue weighted by atomic mass is 9.86. The minimum Gasteiger partial charge on any atom is -0.462 e. The summed E-state index contributed by atoms with van der Waals surface area (Å²) in [5, 5.41) is 10.5. The van der Waals surface area contributed by atoms with Gasteiger partial charge in [-0.3, -0.25) is 4.79 Å². The standard InChI is InChI=1S/C25H28O5/c26-19(12-11-17-7-3-1-4-8-17)13-14-20-21-15-24(27)29-23(21)16-22(20)30-25(28)18-9-5-2-6-10-18/h1-10,19-23,26H,11-16H2/t19?,20-,21?,22?,23?/m1/s1. The molecule has 5 atom stereocenters. The van der Waals surface area contributed by atoms with Gasteiger partial charge in [0.2, 0.25) is 0 Å². The maximum Gasteiger partial charge on any atom is 0.338 e. The number of carbonyl (C=O) groups excluding carboxylic acids is 2. The quantitative estimate of drug-likeness (QED) is 0.670. The Hall–Kier alpha value is -2.66. The van der Waals surface area contributed by atoms with Crippen LogP contribution in [0.4, 0.5) is 0 Å². The molecule has 2 aliphatic rings. The van der Waals surface area contributed by atoms with E-state index in [1.165, 1.54) is 5.56 Å². The van der Waals surface area contributed by atoms with Crippen LogP contribution in [-0.2, 0) is 20.7 Å². The Kier molecular flexibility index (Phi) is 6.48. The summed E-state index contributed by atoms with van der Waals surface area (Å²) in [6.45, 7) is 0. The summed E-state index contributed by atoms with van der Waals surface area (Å²) >= 11 is 0. The fraction of sp³-hybridized carbons (Fsp3) is 0.440. The second-order valence-corrected chi connectivity index (χ2v) is 8.36. The monoisotopic (exact) mass is 408 g/mol. The van der Waals surface area contributed by atoms with Crippen LogP contribution in [-0.4, -0.2) is 35.4 Å². The number of hydrogen-bond donors (Lipinski definition) is 1. The number of ether oxygens (including phenoxy) is 2. The van der Waals surface area contributed by atoms with Crippen molar-refractivity contribution in [3.05, 3.63) is 71.8 Å². The minimum atomic E-state index is -0.423. The van der Waals surface area contributed by atoms with E-state index in [0.717, 1.165) is 6.42 Å². The van der Waals surface area contributed by atoms with E-state index < -0.39 is 6.10 Å². The number of benzene rings is 2. The Morgan fingerprint density at radius 1 is 1.07 bits per heavy atom. The molecule has 1 saturated heterocycles. The molecule has 5 nitrogen and oxygen atoms in total. The first kappa shape index (κ1) is 20.6. The Labute approximate surface area is 177 Å². The second-order valence-electron chi connectivity index (χ2n) is 8.36. The molecule has 2 fully saturated rings. The molecule has 2 aromatic rings. The number of aliphatic hydroxyl groups is 1. The summed E-state index contributed by atoms with van der Waals surface area (Å²) in [6, 6.07) is 19.1. The van der Waals surface area contributed by atoms with E-state index in [1.54, 1.807) is 12.1 Å². The smallest absolute Gasteiger partial charge is 0.338 e. The zero-order valence-electron chi connectivity index (χ0n) is 17.0. The van der Waals surface area contributed by atoms with Gasteiger partial charge in [0.05, 0.1) is 18.1 Å². The number of aliphatic hydroxyl groups excluding tert-OH is 1. The van der Waals surface area contributed by atoms with E-state index in [1.807, 2.05) is 36.4 Å². The number of rotatable bonds is 8. The molecule has 5 heteroatoms. The zero-order valence-corrected chi connectivity index (χ0v) is 17.0. The molecule has 158 valence electrons. The van der Waals surface area contributed by atoms with Gasteiger partial charge in [0, 0.05) is 18.3 Å². The first-order valence-corrected chi connectivity index (χ1v) is 10.8. The molecule has 1 aliphatic heterocycles. The average Bonchev–Trinajstić information content (AvgIpc) is 3.27. The first-order valence-electron chi connectivity index (χ1n) is 10.8. The van der Waals surface area contributed by atoms with Gasteiger partial charge in [0.25, 0.3) is 0 Å². The van der Waals surface area contributed by atoms with Crippen molar-refractivity contribution >= 4 is 11.9 Å². The molecular formula is C25H28O5. The highest BCUT2D eigenvalue weighted by atomic mass is 16.6. The highest BCUT2D eigenvalue weighted by molar-refractivity contribution is 5.89. The van der Waals surface area contributed by atoms with E-state index in [0.29, 0.717) is 37.7 Å². The van der Waals surface area contributed by atoms with Gasteiger partial charge < -0.3 is 14.6 Å². The molecule has 0 amide bonds. The minimum absolute atomic E-state index is 0.0282. The third kappa shape index (κ3) is 4.90. The Balaban J connectivity index is 1.35. The molecule has 1 N–H and O–H groups in total. The number of esters is 2. The lowest BCUT2D eigenvalue weighted by Crippen LogP contribution is -2.27. The van der Waals surface area contributed by atoms with Gasteiger partial charge in [-0.15, -0.1) is 0 Å². The molecule has 1 heterocycles. The van der Waals surface area contributed by atoms with Gasteiger partial charge in [-0.1, -0.05) is 48.5 Å². The van der Waals surface area contributed by atoms with Crippen molar-refractivity contribution in [3.8, 4) is 0 Å². The molecule has 0 bridgehead atoms. The Morgan fingerprint density at radius 2 is 1.77 bits per heavy atom. The fourth-order valence-corrected chi connectivity index (χ4v) is 4.78. The van der Waals surface area contributed by atoms with Gasteiger partial charge in [-0.25, -0.2) is 4.79 Å². The van der Waals surface area contributed by atoms with Gasteiger partial charge in [0.1, 0.15) is 12.2 Å². The molecule has 4 rings (SSSR count). The van der Waals surface area contributed by atoms with Crippen LogP contribution in [0, 0.1) is 11.8 Å². The van der Waals surface area contributed by atoms with E-state index in [2.05, 4.69) is 12.1 Å². The van der Waals surface area contributed by atoms with Crippen LogP contribution >= 0.6 is 0 Å². The summed E-state index contributed by atoms with van der Waals surface area (Å²) in [5.41, 5.74) is 1.73. The fourth-order valence-electron chi connectivity index (χ4n) is 4.78. The topological polar surface area (TPSA) is 72.8 Å². The van der Waals surface area contributed by atoms with Crippen LogP contribution in [0.25, 0.3) is 0 Å². The number of carbonyl (C=O) groups is 2. The normalized spacial score (nSPS) is 26.1. The Bertz CT molecular complexity index is 850. The molecule has 1 saturated carbocycles. The third-order valence-corrected chi connectivity index (χ3v) is 6.37. The molecule has 0 spiro atoms. The Morgan fingerprint density at radius 3 is 2.50 bits per heavy atom. The van der Waals surface area contributed by atoms with Crippen LogP contribution in [0.5, 0.6) is 0 Å². The maximum atomic E-state index is 12.5. The van der Waals surface area contributed by atoms with Crippen molar-refractivity contribution in [1.82, 2.24) is 0 Å². The van der Waals surface area contributed by atoms with Gasteiger partial charge >= 0.3 is 11.9 Å². The third-order valence-electron chi connectivity index (χ3n) is 6.37. The number of aryl methyl sites for hydroxylation is 1. The van der Waals surface area contributed by atoms with E-state index >= 15 is 0 Å². The molecular weight excluding hydrogens is 380 g/mol. The van der Waals surface area contributed by atoms with E-state index in [9.17, 15) is 14.7 Å². The molecule has 30 heavy (non-hydrogen) atoms. The summed E-state index contributed by atoms with van der Waals surface area (Å²) in [4.78, 5) is 24.3. The van der Waals surface area contributed by atoms with Crippen LogP contribution in [0.1, 0.15) is 48.0 Å². The molecule has 1 aliphatic carbocycles.